The van der Waals surface area contributed by atoms with Gasteiger partial charge in [0.2, 0.25) is 0 Å². The van der Waals surface area contributed by atoms with Crippen LogP contribution in [0.25, 0.3) is 0 Å². The molecule has 1 aromatic rings. The topological polar surface area (TPSA) is 59.6 Å². The van der Waals surface area contributed by atoms with E-state index in [1.807, 2.05) is 12.1 Å². The molecule has 1 fully saturated rings. The van der Waals surface area contributed by atoms with Crippen molar-refractivity contribution in [3.8, 4) is 11.5 Å². The Morgan fingerprint density at radius 2 is 2.00 bits per heavy atom. The number of carbonyl (C=O) groups excluding carboxylic acids is 1. The van der Waals surface area contributed by atoms with Crippen LogP contribution in [0.1, 0.15) is 12.8 Å². The molecule has 0 saturated heterocycles. The summed E-state index contributed by atoms with van der Waals surface area (Å²) in [5.74, 6) is 3.38. The molecule has 1 saturated carbocycles. The number of anilines is 1. The number of ether oxygens (including phenoxy) is 2. The first kappa shape index (κ1) is 13.5. The molecular weight excluding hydrogens is 280 g/mol. The molecule has 2 bridgehead atoms. The fraction of sp³-hybridized carbons (Fsp3) is 0.471. The molecule has 4 rings (SSSR count). The van der Waals surface area contributed by atoms with Gasteiger partial charge in [0.15, 0.2) is 11.5 Å². The van der Waals surface area contributed by atoms with Crippen LogP contribution >= 0.6 is 0 Å². The maximum Gasteiger partial charge on any atom is 0.319 e. The zero-order valence-electron chi connectivity index (χ0n) is 12.4. The van der Waals surface area contributed by atoms with Gasteiger partial charge in [0.1, 0.15) is 13.2 Å². The van der Waals surface area contributed by atoms with Crippen molar-refractivity contribution >= 4 is 11.7 Å². The highest BCUT2D eigenvalue weighted by Gasteiger charge is 2.35. The predicted octanol–water partition coefficient (Wildman–Crippen LogP) is 2.79. The Kier molecular flexibility index (Phi) is 3.41. The minimum absolute atomic E-state index is 0.163. The van der Waals surface area contributed by atoms with Crippen LogP contribution in [0, 0.1) is 17.8 Å². The van der Waals surface area contributed by atoms with Gasteiger partial charge in [-0.1, -0.05) is 12.2 Å². The lowest BCUT2D eigenvalue weighted by atomic mass is 9.94. The summed E-state index contributed by atoms with van der Waals surface area (Å²) >= 11 is 0. The van der Waals surface area contributed by atoms with Crippen LogP contribution in [0.15, 0.2) is 30.4 Å². The molecule has 0 unspecified atom stereocenters. The molecule has 2 N–H and O–H groups in total. The molecule has 22 heavy (non-hydrogen) atoms. The normalized spacial score (nSPS) is 27.7. The maximum atomic E-state index is 12.0. The Morgan fingerprint density at radius 1 is 1.14 bits per heavy atom. The van der Waals surface area contributed by atoms with Crippen LogP contribution in [-0.4, -0.2) is 25.8 Å². The molecule has 3 aliphatic rings. The van der Waals surface area contributed by atoms with Gasteiger partial charge in [-0.15, -0.1) is 0 Å². The van der Waals surface area contributed by atoms with Crippen LogP contribution in [0.2, 0.25) is 0 Å². The van der Waals surface area contributed by atoms with E-state index in [1.54, 1.807) is 6.07 Å². The van der Waals surface area contributed by atoms with Gasteiger partial charge in [0.05, 0.1) is 0 Å². The Morgan fingerprint density at radius 3 is 2.77 bits per heavy atom. The molecule has 1 aliphatic heterocycles. The van der Waals surface area contributed by atoms with Crippen molar-refractivity contribution in [3.63, 3.8) is 0 Å². The molecule has 116 valence electrons. The van der Waals surface area contributed by atoms with E-state index in [9.17, 15) is 4.79 Å². The van der Waals surface area contributed by atoms with Gasteiger partial charge < -0.3 is 20.1 Å². The van der Waals surface area contributed by atoms with Crippen molar-refractivity contribution in [3.05, 3.63) is 30.4 Å². The van der Waals surface area contributed by atoms with Crippen LogP contribution in [0.5, 0.6) is 11.5 Å². The first-order valence-electron chi connectivity index (χ1n) is 7.91. The highest BCUT2D eigenvalue weighted by molar-refractivity contribution is 5.89. The van der Waals surface area contributed by atoms with Gasteiger partial charge in [-0.05, 0) is 42.7 Å². The lowest BCUT2D eigenvalue weighted by Crippen LogP contribution is -2.34. The van der Waals surface area contributed by atoms with E-state index in [0.717, 1.165) is 23.9 Å². The Bertz CT molecular complexity index is 614. The second-order valence-corrected chi connectivity index (χ2v) is 6.23. The first-order valence-corrected chi connectivity index (χ1v) is 7.91. The molecule has 2 aliphatic carbocycles. The highest BCUT2D eigenvalue weighted by atomic mass is 16.6. The standard InChI is InChI=1S/C17H20N2O3/c20-17(18-10-13-8-11-1-2-12(13)7-11)19-14-3-4-15-16(9-14)22-6-5-21-15/h1-4,9,11-13H,5-8,10H2,(H2,18,19,20)/t11-,12+,13+/m1/s1. The summed E-state index contributed by atoms with van der Waals surface area (Å²) in [7, 11) is 0. The molecule has 3 atom stereocenters. The SMILES string of the molecule is O=C(NC[C@@H]1C[C@@H]2C=C[C@H]1C2)Nc1ccc2c(c1)OCCO2. The monoisotopic (exact) mass is 300 g/mol. The van der Waals surface area contributed by atoms with E-state index in [0.29, 0.717) is 30.8 Å². The summed E-state index contributed by atoms with van der Waals surface area (Å²) in [6.45, 7) is 1.85. The van der Waals surface area contributed by atoms with E-state index in [-0.39, 0.29) is 6.03 Å². The number of hydrogen-bond donors (Lipinski definition) is 2. The number of urea groups is 1. The fourth-order valence-electron chi connectivity index (χ4n) is 3.65. The van der Waals surface area contributed by atoms with Crippen LogP contribution in [0.4, 0.5) is 10.5 Å². The van der Waals surface area contributed by atoms with Crippen molar-refractivity contribution < 1.29 is 14.3 Å². The van der Waals surface area contributed by atoms with Gasteiger partial charge in [0.25, 0.3) is 0 Å². The number of rotatable bonds is 3. The minimum atomic E-state index is -0.163. The molecule has 0 radical (unpaired) electrons. The average Bonchev–Trinajstić information content (AvgIpc) is 3.15. The van der Waals surface area contributed by atoms with Crippen molar-refractivity contribution in [1.82, 2.24) is 5.32 Å². The van der Waals surface area contributed by atoms with Gasteiger partial charge in [0, 0.05) is 18.3 Å². The van der Waals surface area contributed by atoms with Crippen molar-refractivity contribution in [2.75, 3.05) is 25.1 Å². The Hall–Kier alpha value is -2.17. The molecule has 1 heterocycles. The van der Waals surface area contributed by atoms with Crippen LogP contribution < -0.4 is 20.1 Å². The zero-order valence-corrected chi connectivity index (χ0v) is 12.4. The van der Waals surface area contributed by atoms with E-state index in [2.05, 4.69) is 22.8 Å². The highest BCUT2D eigenvalue weighted by Crippen LogP contribution is 2.42. The number of carbonyl (C=O) groups is 1. The number of fused-ring (bicyclic) bond motifs is 3. The third kappa shape index (κ3) is 2.63. The average molecular weight is 300 g/mol. The number of hydrogen-bond acceptors (Lipinski definition) is 3. The fourth-order valence-corrected chi connectivity index (χ4v) is 3.65. The van der Waals surface area contributed by atoms with Crippen molar-refractivity contribution in [1.29, 1.82) is 0 Å². The maximum absolute atomic E-state index is 12.0. The number of nitrogens with one attached hydrogen (secondary N) is 2. The largest absolute Gasteiger partial charge is 0.486 e. The van der Waals surface area contributed by atoms with E-state index in [4.69, 9.17) is 9.47 Å². The molecule has 5 heteroatoms. The molecule has 5 nitrogen and oxygen atoms in total. The minimum Gasteiger partial charge on any atom is -0.486 e. The van der Waals surface area contributed by atoms with Gasteiger partial charge >= 0.3 is 6.03 Å². The summed E-state index contributed by atoms with van der Waals surface area (Å²) in [5, 5.41) is 5.84. The molecule has 2 amide bonds. The third-order valence-electron chi connectivity index (χ3n) is 4.74. The predicted molar refractivity (Wildman–Crippen MR) is 83.3 cm³/mol. The Balaban J connectivity index is 1.31. The molecule has 0 spiro atoms. The van der Waals surface area contributed by atoms with Gasteiger partial charge in [-0.2, -0.15) is 0 Å². The smallest absolute Gasteiger partial charge is 0.319 e. The quantitative estimate of drug-likeness (QED) is 0.844. The summed E-state index contributed by atoms with van der Waals surface area (Å²) in [6.07, 6.45) is 7.08. The van der Waals surface area contributed by atoms with E-state index >= 15 is 0 Å². The van der Waals surface area contributed by atoms with Crippen molar-refractivity contribution in [2.45, 2.75) is 12.8 Å². The summed E-state index contributed by atoms with van der Waals surface area (Å²) in [6, 6.07) is 5.29. The van der Waals surface area contributed by atoms with Crippen molar-refractivity contribution in [2.24, 2.45) is 17.8 Å². The molecule has 1 aromatic carbocycles. The van der Waals surface area contributed by atoms with Crippen LogP contribution in [0.3, 0.4) is 0 Å². The van der Waals surface area contributed by atoms with E-state index in [1.165, 1.54) is 12.8 Å². The van der Waals surface area contributed by atoms with Gasteiger partial charge in [-0.25, -0.2) is 4.79 Å². The molecule has 0 aromatic heterocycles. The van der Waals surface area contributed by atoms with Crippen LogP contribution in [-0.2, 0) is 0 Å². The lowest BCUT2D eigenvalue weighted by molar-refractivity contribution is 0.171. The second-order valence-electron chi connectivity index (χ2n) is 6.23. The number of allylic oxidation sites excluding steroid dienone is 2. The molecular formula is C17H20N2O3. The summed E-state index contributed by atoms with van der Waals surface area (Å²) in [4.78, 5) is 12.0. The van der Waals surface area contributed by atoms with Gasteiger partial charge in [-0.3, -0.25) is 0 Å². The third-order valence-corrected chi connectivity index (χ3v) is 4.74. The second kappa shape index (κ2) is 5.55. The number of amides is 2. The summed E-state index contributed by atoms with van der Waals surface area (Å²) in [5.41, 5.74) is 0.717. The zero-order chi connectivity index (χ0) is 14.9. The lowest BCUT2D eigenvalue weighted by Gasteiger charge is -2.20. The summed E-state index contributed by atoms with van der Waals surface area (Å²) < 4.78 is 11.0. The van der Waals surface area contributed by atoms with E-state index < -0.39 is 0 Å². The first-order chi connectivity index (χ1) is 10.8. The number of benzene rings is 1. The Labute approximate surface area is 129 Å².